The van der Waals surface area contributed by atoms with Crippen molar-refractivity contribution >= 4 is 29.8 Å². The van der Waals surface area contributed by atoms with E-state index in [0.29, 0.717) is 5.30 Å². The highest BCUT2D eigenvalue weighted by Gasteiger charge is 2.23. The minimum absolute atomic E-state index is 0.0515. The largest absolute Gasteiger partial charge is 0.506 e. The van der Waals surface area contributed by atoms with Crippen LogP contribution in [0.2, 0.25) is 0 Å². The number of hydrogen-bond donors (Lipinski definition) is 2. The van der Waals surface area contributed by atoms with Crippen molar-refractivity contribution in [3.63, 3.8) is 0 Å². The molecule has 0 aliphatic heterocycles. The summed E-state index contributed by atoms with van der Waals surface area (Å²) < 4.78 is 0. The van der Waals surface area contributed by atoms with Crippen molar-refractivity contribution in [1.29, 1.82) is 0 Å². The molecule has 3 nitrogen and oxygen atoms in total. The third-order valence-electron chi connectivity index (χ3n) is 3.73. The summed E-state index contributed by atoms with van der Waals surface area (Å²) >= 11 is 0. The Balaban J connectivity index is 2.26. The molecule has 3 aromatic carbocycles. The second-order valence-corrected chi connectivity index (χ2v) is 7.68. The number of aromatic hydroxyl groups is 1. The molecule has 0 atom stereocenters. The van der Waals surface area contributed by atoms with Gasteiger partial charge in [0.15, 0.2) is 0 Å². The van der Waals surface area contributed by atoms with Gasteiger partial charge in [-0.3, -0.25) is 0 Å². The van der Waals surface area contributed by atoms with Crippen molar-refractivity contribution in [2.45, 2.75) is 6.92 Å². The lowest BCUT2D eigenvalue weighted by atomic mass is 10.1. The Labute approximate surface area is 142 Å². The van der Waals surface area contributed by atoms with Gasteiger partial charge in [0.1, 0.15) is 11.3 Å². The summed E-state index contributed by atoms with van der Waals surface area (Å²) in [5.41, 5.74) is 0.768. The first kappa shape index (κ1) is 16.2. The van der Waals surface area contributed by atoms with E-state index in [2.05, 4.69) is 0 Å². The van der Waals surface area contributed by atoms with Crippen LogP contribution in [-0.2, 0) is 0 Å². The molecular formula is C20H17O3P. The predicted molar refractivity (Wildman–Crippen MR) is 98.5 cm³/mol. The van der Waals surface area contributed by atoms with Gasteiger partial charge in [-0.15, -0.1) is 0 Å². The van der Waals surface area contributed by atoms with Gasteiger partial charge in [-0.25, -0.2) is 4.79 Å². The van der Waals surface area contributed by atoms with E-state index in [9.17, 15) is 15.0 Å². The van der Waals surface area contributed by atoms with E-state index < -0.39 is 13.9 Å². The number of aromatic carboxylic acids is 1. The van der Waals surface area contributed by atoms with Crippen LogP contribution >= 0.6 is 7.92 Å². The lowest BCUT2D eigenvalue weighted by Gasteiger charge is -2.21. The highest BCUT2D eigenvalue weighted by Crippen LogP contribution is 2.37. The van der Waals surface area contributed by atoms with Gasteiger partial charge in [-0.1, -0.05) is 60.7 Å². The van der Waals surface area contributed by atoms with Crippen molar-refractivity contribution < 1.29 is 15.0 Å². The average molecular weight is 336 g/mol. The van der Waals surface area contributed by atoms with Gasteiger partial charge in [0.2, 0.25) is 0 Å². The molecule has 0 aliphatic rings. The predicted octanol–water partition coefficient (Wildman–Crippen LogP) is 3.16. The molecule has 0 radical (unpaired) electrons. The number of hydrogen-bond acceptors (Lipinski definition) is 2. The first-order valence-corrected chi connectivity index (χ1v) is 8.89. The van der Waals surface area contributed by atoms with Crippen molar-refractivity contribution in [2.75, 3.05) is 0 Å². The molecule has 4 heteroatoms. The standard InChI is InChI=1S/C20H17O3P/c1-14-12-17(20(22)23)19(21)18(13-14)24(15-8-4-2-5-9-15)16-10-6-3-7-11-16/h2-13,21H,1H3,(H,22,23). The molecule has 120 valence electrons. The topological polar surface area (TPSA) is 57.5 Å². The van der Waals surface area contributed by atoms with Gasteiger partial charge >= 0.3 is 5.97 Å². The smallest absolute Gasteiger partial charge is 0.339 e. The Hall–Kier alpha value is -2.64. The third-order valence-corrected chi connectivity index (χ3v) is 6.19. The molecule has 0 unspecified atom stereocenters. The van der Waals surface area contributed by atoms with Crippen molar-refractivity contribution in [2.24, 2.45) is 0 Å². The highest BCUT2D eigenvalue weighted by atomic mass is 31.1. The van der Waals surface area contributed by atoms with E-state index in [1.807, 2.05) is 73.7 Å². The molecule has 0 aromatic heterocycles. The Kier molecular flexibility index (Phi) is 4.64. The van der Waals surface area contributed by atoms with E-state index in [-0.39, 0.29) is 11.3 Å². The summed E-state index contributed by atoms with van der Waals surface area (Å²) in [4.78, 5) is 11.5. The number of carbonyl (C=O) groups is 1. The zero-order chi connectivity index (χ0) is 17.1. The molecule has 3 rings (SSSR count). The third kappa shape index (κ3) is 3.17. The second kappa shape index (κ2) is 6.86. The highest BCUT2D eigenvalue weighted by molar-refractivity contribution is 7.80. The fourth-order valence-electron chi connectivity index (χ4n) is 2.67. The number of aryl methyl sites for hydroxylation is 1. The Bertz CT molecular complexity index is 821. The van der Waals surface area contributed by atoms with Crippen LogP contribution in [-0.4, -0.2) is 16.2 Å². The Morgan fingerprint density at radius 1 is 0.875 bits per heavy atom. The van der Waals surface area contributed by atoms with E-state index in [0.717, 1.165) is 16.2 Å². The van der Waals surface area contributed by atoms with E-state index in [1.165, 1.54) is 6.07 Å². The number of carboxylic acids is 1. The zero-order valence-corrected chi connectivity index (χ0v) is 14.1. The number of carboxylic acid groups (broad SMARTS) is 1. The SMILES string of the molecule is Cc1cc(C(=O)O)c(O)c(P(c2ccccc2)c2ccccc2)c1. The molecular weight excluding hydrogens is 319 g/mol. The molecule has 0 heterocycles. The fraction of sp³-hybridized carbons (Fsp3) is 0.0500. The summed E-state index contributed by atoms with van der Waals surface area (Å²) in [6.45, 7) is 1.85. The van der Waals surface area contributed by atoms with E-state index in [4.69, 9.17) is 0 Å². The van der Waals surface area contributed by atoms with E-state index in [1.54, 1.807) is 0 Å². The molecule has 0 spiro atoms. The molecule has 0 bridgehead atoms. The minimum atomic E-state index is -1.12. The van der Waals surface area contributed by atoms with Crippen molar-refractivity contribution in [1.82, 2.24) is 0 Å². The van der Waals surface area contributed by atoms with Crippen molar-refractivity contribution in [3.05, 3.63) is 83.9 Å². The van der Waals surface area contributed by atoms with Gasteiger partial charge < -0.3 is 10.2 Å². The molecule has 0 saturated carbocycles. The molecule has 0 saturated heterocycles. The van der Waals surface area contributed by atoms with Gasteiger partial charge in [0, 0.05) is 5.30 Å². The summed E-state index contributed by atoms with van der Waals surface area (Å²) in [6, 6.07) is 23.2. The van der Waals surface area contributed by atoms with Crippen LogP contribution in [0.5, 0.6) is 5.75 Å². The lowest BCUT2D eigenvalue weighted by Crippen LogP contribution is -2.22. The molecule has 0 amide bonds. The van der Waals surface area contributed by atoms with Gasteiger partial charge in [-0.05, 0) is 43.2 Å². The monoisotopic (exact) mass is 336 g/mol. The van der Waals surface area contributed by atoms with Crippen molar-refractivity contribution in [3.8, 4) is 5.75 Å². The quantitative estimate of drug-likeness (QED) is 0.720. The summed E-state index contributed by atoms with van der Waals surface area (Å²) in [7, 11) is -1.04. The van der Waals surface area contributed by atoms with Crippen LogP contribution in [0.15, 0.2) is 72.8 Å². The minimum Gasteiger partial charge on any atom is -0.506 e. The molecule has 3 aromatic rings. The van der Waals surface area contributed by atoms with Crippen LogP contribution in [0.4, 0.5) is 0 Å². The first-order chi connectivity index (χ1) is 11.6. The first-order valence-electron chi connectivity index (χ1n) is 7.55. The van der Waals surface area contributed by atoms with Gasteiger partial charge in [-0.2, -0.15) is 0 Å². The summed E-state index contributed by atoms with van der Waals surface area (Å²) in [5.74, 6) is -1.26. The summed E-state index contributed by atoms with van der Waals surface area (Å²) in [5, 5.41) is 22.8. The second-order valence-electron chi connectivity index (χ2n) is 5.49. The zero-order valence-electron chi connectivity index (χ0n) is 13.2. The van der Waals surface area contributed by atoms with Crippen LogP contribution in [0.3, 0.4) is 0 Å². The maximum atomic E-state index is 11.5. The summed E-state index contributed by atoms with van der Waals surface area (Å²) in [6.07, 6.45) is 0. The average Bonchev–Trinajstić information content (AvgIpc) is 2.59. The fourth-order valence-corrected chi connectivity index (χ4v) is 5.13. The molecule has 24 heavy (non-hydrogen) atoms. The number of benzene rings is 3. The lowest BCUT2D eigenvalue weighted by molar-refractivity contribution is 0.0694. The van der Waals surface area contributed by atoms with Crippen LogP contribution in [0, 0.1) is 6.92 Å². The van der Waals surface area contributed by atoms with Gasteiger partial charge in [0.25, 0.3) is 0 Å². The number of rotatable bonds is 4. The normalized spacial score (nSPS) is 10.8. The van der Waals surface area contributed by atoms with E-state index >= 15 is 0 Å². The maximum Gasteiger partial charge on any atom is 0.339 e. The van der Waals surface area contributed by atoms with Crippen LogP contribution in [0.1, 0.15) is 15.9 Å². The van der Waals surface area contributed by atoms with Crippen LogP contribution < -0.4 is 15.9 Å². The maximum absolute atomic E-state index is 11.5. The van der Waals surface area contributed by atoms with Crippen LogP contribution in [0.25, 0.3) is 0 Å². The van der Waals surface area contributed by atoms with Gasteiger partial charge in [0.05, 0.1) is 0 Å². The molecule has 2 N–H and O–H groups in total. The molecule has 0 aliphatic carbocycles. The Morgan fingerprint density at radius 3 is 1.83 bits per heavy atom. The number of phenols is 1. The Morgan fingerprint density at radius 2 is 1.38 bits per heavy atom. The molecule has 0 fully saturated rings.